The zero-order valence-electron chi connectivity index (χ0n) is 19.5. The Kier molecular flexibility index (Phi) is 11.9. The molecule has 1 N–H and O–H groups in total. The van der Waals surface area contributed by atoms with E-state index in [9.17, 15) is 18.0 Å². The summed E-state index contributed by atoms with van der Waals surface area (Å²) in [6.45, 7) is 8.97. The van der Waals surface area contributed by atoms with Crippen molar-refractivity contribution in [2.75, 3.05) is 42.7 Å². The van der Waals surface area contributed by atoms with E-state index >= 15 is 0 Å². The third-order valence-corrected chi connectivity index (χ3v) is 5.48. The van der Waals surface area contributed by atoms with Gasteiger partial charge in [-0.1, -0.05) is 22.0 Å². The van der Waals surface area contributed by atoms with Gasteiger partial charge in [-0.25, -0.2) is 0 Å². The minimum Gasteiger partial charge on any atom is -0.460 e. The summed E-state index contributed by atoms with van der Waals surface area (Å²) < 4.78 is 33.0. The molecule has 1 aromatic rings. The fourth-order valence-electron chi connectivity index (χ4n) is 3.23. The molecule has 0 aromatic heterocycles. The minimum absolute atomic E-state index is 0.0390. The molecule has 0 spiro atoms. The van der Waals surface area contributed by atoms with Gasteiger partial charge in [0.1, 0.15) is 5.60 Å². The van der Waals surface area contributed by atoms with Gasteiger partial charge in [-0.05, 0) is 57.5 Å². The van der Waals surface area contributed by atoms with Crippen molar-refractivity contribution in [3.05, 3.63) is 29.3 Å². The van der Waals surface area contributed by atoms with Gasteiger partial charge in [0.05, 0.1) is 25.5 Å². The Morgan fingerprint density at radius 1 is 1.31 bits per heavy atom. The maximum atomic E-state index is 12.5. The van der Waals surface area contributed by atoms with Crippen molar-refractivity contribution < 1.29 is 26.9 Å². The molecule has 0 saturated heterocycles. The molecule has 180 valence electrons. The number of alkyl halides is 1. The standard InChI is InChI=1S/C21H34BBrN2O6S/c1-16-6-7-18(25(9-8-23)10-11-30-32(5,28)29)13-19(16)17(14-24-22-15-26)12-20(27)31-21(2,3)4/h6-7,13,15,17,22,24H,8-12,14H2,1-5H3. The van der Waals surface area contributed by atoms with Crippen molar-refractivity contribution in [3.63, 3.8) is 0 Å². The van der Waals surface area contributed by atoms with Crippen LogP contribution in [0.2, 0.25) is 0 Å². The number of hydrogen-bond donors (Lipinski definition) is 1. The van der Waals surface area contributed by atoms with Crippen LogP contribution in [0, 0.1) is 6.92 Å². The van der Waals surface area contributed by atoms with Gasteiger partial charge < -0.3 is 19.7 Å². The lowest BCUT2D eigenvalue weighted by Gasteiger charge is -2.27. The Bertz CT molecular complexity index is 860. The van der Waals surface area contributed by atoms with Gasteiger partial charge in [-0.2, -0.15) is 8.42 Å². The van der Waals surface area contributed by atoms with Crippen LogP contribution < -0.4 is 10.1 Å². The number of aryl methyl sites for hydroxylation is 1. The Hall–Kier alpha value is -1.43. The van der Waals surface area contributed by atoms with Crippen molar-refractivity contribution >= 4 is 51.3 Å². The highest BCUT2D eigenvalue weighted by molar-refractivity contribution is 9.09. The number of anilines is 1. The Balaban J connectivity index is 3.15. The van der Waals surface area contributed by atoms with E-state index in [0.29, 0.717) is 25.0 Å². The molecular formula is C21H34BBrN2O6S. The summed E-state index contributed by atoms with van der Waals surface area (Å²) in [5.74, 6) is -0.498. The Labute approximate surface area is 200 Å². The number of rotatable bonds is 14. The third-order valence-electron chi connectivity index (χ3n) is 4.53. The number of carbonyl (C=O) groups is 2. The molecule has 32 heavy (non-hydrogen) atoms. The molecule has 0 heterocycles. The quantitative estimate of drug-likeness (QED) is 0.0970. The van der Waals surface area contributed by atoms with Crippen molar-refractivity contribution in [1.82, 2.24) is 5.23 Å². The monoisotopic (exact) mass is 532 g/mol. The summed E-state index contributed by atoms with van der Waals surface area (Å²) in [6, 6.07) is 5.95. The second-order valence-electron chi connectivity index (χ2n) is 8.56. The largest absolute Gasteiger partial charge is 0.460 e. The van der Waals surface area contributed by atoms with E-state index in [-0.39, 0.29) is 32.3 Å². The number of halogens is 1. The van der Waals surface area contributed by atoms with Crippen LogP contribution in [0.25, 0.3) is 0 Å². The van der Waals surface area contributed by atoms with Crippen molar-refractivity contribution in [2.24, 2.45) is 0 Å². The molecule has 0 radical (unpaired) electrons. The molecule has 0 aliphatic heterocycles. The molecule has 1 rings (SSSR count). The summed E-state index contributed by atoms with van der Waals surface area (Å²) in [6.07, 6.45) is 1.98. The van der Waals surface area contributed by atoms with Crippen molar-refractivity contribution in [1.29, 1.82) is 0 Å². The maximum absolute atomic E-state index is 12.5. The maximum Gasteiger partial charge on any atom is 0.306 e. The second kappa shape index (κ2) is 13.3. The highest BCUT2D eigenvalue weighted by atomic mass is 79.9. The van der Waals surface area contributed by atoms with E-state index in [2.05, 4.69) is 21.2 Å². The van der Waals surface area contributed by atoms with Crippen LogP contribution in [0.5, 0.6) is 0 Å². The molecule has 1 unspecified atom stereocenters. The first-order valence-electron chi connectivity index (χ1n) is 10.5. The van der Waals surface area contributed by atoms with Gasteiger partial charge in [0, 0.05) is 30.0 Å². The van der Waals surface area contributed by atoms with E-state index in [4.69, 9.17) is 8.92 Å². The van der Waals surface area contributed by atoms with Crippen LogP contribution >= 0.6 is 15.9 Å². The number of hydrogen-bond acceptors (Lipinski definition) is 8. The average molecular weight is 533 g/mol. The van der Waals surface area contributed by atoms with Crippen LogP contribution in [-0.2, 0) is 28.6 Å². The zero-order chi connectivity index (χ0) is 24.4. The van der Waals surface area contributed by atoms with Gasteiger partial charge >= 0.3 is 5.97 Å². The van der Waals surface area contributed by atoms with E-state index in [1.807, 2.05) is 50.8 Å². The van der Waals surface area contributed by atoms with E-state index in [0.717, 1.165) is 29.3 Å². The molecule has 1 aromatic carbocycles. The molecular weight excluding hydrogens is 499 g/mol. The molecule has 0 aliphatic rings. The lowest BCUT2D eigenvalue weighted by Crippen LogP contribution is -2.31. The van der Waals surface area contributed by atoms with Gasteiger partial charge in [0.15, 0.2) is 0 Å². The predicted molar refractivity (Wildman–Crippen MR) is 133 cm³/mol. The number of carbonyl (C=O) groups excluding carboxylic acids is 2. The van der Waals surface area contributed by atoms with E-state index in [1.54, 1.807) is 0 Å². The molecule has 0 saturated carbocycles. The molecule has 0 aliphatic carbocycles. The topological polar surface area (TPSA) is 102 Å². The van der Waals surface area contributed by atoms with Crippen molar-refractivity contribution in [3.8, 4) is 0 Å². The molecule has 0 bridgehead atoms. The first-order chi connectivity index (χ1) is 14.9. The summed E-state index contributed by atoms with van der Waals surface area (Å²) in [5.41, 5.74) is 2.30. The van der Waals surface area contributed by atoms with Crippen LogP contribution in [-0.4, -0.2) is 71.4 Å². The first kappa shape index (κ1) is 28.6. The first-order valence-corrected chi connectivity index (χ1v) is 13.4. The van der Waals surface area contributed by atoms with Gasteiger partial charge in [-0.15, -0.1) is 0 Å². The summed E-state index contributed by atoms with van der Waals surface area (Å²) in [5, 5.41) is 3.76. The van der Waals surface area contributed by atoms with E-state index < -0.39 is 15.7 Å². The van der Waals surface area contributed by atoms with E-state index in [1.165, 1.54) is 0 Å². The zero-order valence-corrected chi connectivity index (χ0v) is 21.9. The number of esters is 1. The fourth-order valence-corrected chi connectivity index (χ4v) is 4.03. The number of nitrogens with zero attached hydrogens (tertiary/aromatic N) is 1. The third kappa shape index (κ3) is 11.4. The normalized spacial score (nSPS) is 12.8. The smallest absolute Gasteiger partial charge is 0.306 e. The SMILES string of the molecule is Cc1ccc(N(CCBr)CCOS(C)(=O)=O)cc1C(CNBC=O)CC(=O)OC(C)(C)C. The molecule has 11 heteroatoms. The van der Waals surface area contributed by atoms with Gasteiger partial charge in [0.2, 0.25) is 0 Å². The summed E-state index contributed by atoms with van der Waals surface area (Å²) >= 11 is 3.44. The van der Waals surface area contributed by atoms with Crippen LogP contribution in [0.1, 0.15) is 44.2 Å². The number of benzene rings is 1. The summed E-state index contributed by atoms with van der Waals surface area (Å²) in [7, 11) is -3.32. The van der Waals surface area contributed by atoms with Gasteiger partial charge in [-0.3, -0.25) is 8.98 Å². The van der Waals surface area contributed by atoms with Gasteiger partial charge in [0.25, 0.3) is 17.5 Å². The lowest BCUT2D eigenvalue weighted by molar-refractivity contribution is -0.155. The molecule has 1 atom stereocenters. The molecule has 0 fully saturated rings. The van der Waals surface area contributed by atoms with Crippen LogP contribution in [0.3, 0.4) is 0 Å². The Morgan fingerprint density at radius 3 is 2.56 bits per heavy atom. The van der Waals surface area contributed by atoms with Crippen molar-refractivity contribution in [2.45, 2.75) is 45.6 Å². The minimum atomic E-state index is -3.51. The predicted octanol–water partition coefficient (Wildman–Crippen LogP) is 2.12. The fraction of sp³-hybridized carbons (Fsp3) is 0.619. The van der Waals surface area contributed by atoms with Crippen LogP contribution in [0.15, 0.2) is 18.2 Å². The highest BCUT2D eigenvalue weighted by Gasteiger charge is 2.23. The molecule has 0 amide bonds. The second-order valence-corrected chi connectivity index (χ2v) is 11.0. The summed E-state index contributed by atoms with van der Waals surface area (Å²) in [4.78, 5) is 25.3. The average Bonchev–Trinajstić information content (AvgIpc) is 2.65. The van der Waals surface area contributed by atoms with Crippen LogP contribution in [0.4, 0.5) is 5.69 Å². The molecule has 8 nitrogen and oxygen atoms in total. The number of nitrogens with one attached hydrogen (secondary N) is 1. The Morgan fingerprint density at radius 2 is 2.00 bits per heavy atom. The number of ether oxygens (including phenoxy) is 1. The lowest BCUT2D eigenvalue weighted by atomic mass is 9.88. The highest BCUT2D eigenvalue weighted by Crippen LogP contribution is 2.29.